The van der Waals surface area contributed by atoms with Gasteiger partial charge in [-0.1, -0.05) is 43.3 Å². The second-order valence-corrected chi connectivity index (χ2v) is 7.14. The van der Waals surface area contributed by atoms with E-state index in [1.54, 1.807) is 12.1 Å². The number of aliphatic hydroxyl groups excluding tert-OH is 1. The van der Waals surface area contributed by atoms with Crippen LogP contribution in [-0.4, -0.2) is 27.1 Å². The first-order valence-corrected chi connectivity index (χ1v) is 9.56. The number of aromatic nitrogens is 2. The molecular weight excluding hydrogens is 350 g/mol. The number of amides is 1. The molecular formula is C23H23N3O2. The van der Waals surface area contributed by atoms with E-state index >= 15 is 0 Å². The number of nitrogens with one attached hydrogen (secondary N) is 1. The first-order chi connectivity index (χ1) is 13.6. The standard InChI is InChI=1S/C23H23N3O2/c1-3-15-13-24-14(2)25-21(15)16-8-10-17(11-9-16)23(28)26-22-19-7-5-4-6-18(19)12-20(22)27/h4-11,13,20,22,27H,3,12H2,1-2H3,(H,26,28)/t20-,22+/m1/s1. The van der Waals surface area contributed by atoms with Crippen LogP contribution in [0.15, 0.2) is 54.7 Å². The minimum absolute atomic E-state index is 0.193. The molecule has 0 unspecified atom stereocenters. The van der Waals surface area contributed by atoms with Gasteiger partial charge < -0.3 is 10.4 Å². The summed E-state index contributed by atoms with van der Waals surface area (Å²) in [6.45, 7) is 3.94. The summed E-state index contributed by atoms with van der Waals surface area (Å²) in [5.41, 5.74) is 5.58. The van der Waals surface area contributed by atoms with E-state index in [2.05, 4.69) is 22.2 Å². The fraction of sp³-hybridized carbons (Fsp3) is 0.261. The minimum atomic E-state index is -0.600. The molecule has 1 aliphatic rings. The smallest absolute Gasteiger partial charge is 0.251 e. The van der Waals surface area contributed by atoms with E-state index in [1.165, 1.54) is 0 Å². The highest BCUT2D eigenvalue weighted by atomic mass is 16.3. The Balaban J connectivity index is 1.55. The molecule has 0 bridgehead atoms. The second-order valence-electron chi connectivity index (χ2n) is 7.14. The molecule has 0 saturated carbocycles. The second kappa shape index (κ2) is 7.52. The van der Waals surface area contributed by atoms with Crippen LogP contribution in [0.3, 0.4) is 0 Å². The van der Waals surface area contributed by atoms with Crippen molar-refractivity contribution in [3.05, 3.63) is 82.8 Å². The van der Waals surface area contributed by atoms with Gasteiger partial charge in [0.15, 0.2) is 0 Å². The number of carbonyl (C=O) groups is 1. The van der Waals surface area contributed by atoms with Crippen LogP contribution in [-0.2, 0) is 12.8 Å². The third kappa shape index (κ3) is 3.41. The monoisotopic (exact) mass is 373 g/mol. The molecule has 2 atom stereocenters. The van der Waals surface area contributed by atoms with E-state index in [9.17, 15) is 9.90 Å². The molecule has 28 heavy (non-hydrogen) atoms. The predicted molar refractivity (Wildman–Crippen MR) is 108 cm³/mol. The zero-order valence-corrected chi connectivity index (χ0v) is 16.0. The maximum Gasteiger partial charge on any atom is 0.251 e. The van der Waals surface area contributed by atoms with Gasteiger partial charge in [0.1, 0.15) is 5.82 Å². The van der Waals surface area contributed by atoms with Crippen molar-refractivity contribution in [2.45, 2.75) is 38.8 Å². The van der Waals surface area contributed by atoms with Crippen LogP contribution in [0.1, 0.15) is 45.8 Å². The molecule has 5 nitrogen and oxygen atoms in total. The number of carbonyl (C=O) groups excluding carboxylic acids is 1. The lowest BCUT2D eigenvalue weighted by atomic mass is 10.0. The van der Waals surface area contributed by atoms with Crippen molar-refractivity contribution >= 4 is 5.91 Å². The van der Waals surface area contributed by atoms with Crippen LogP contribution in [0.5, 0.6) is 0 Å². The quantitative estimate of drug-likeness (QED) is 0.735. The molecule has 1 aliphatic carbocycles. The Hall–Kier alpha value is -3.05. The van der Waals surface area contributed by atoms with Crippen LogP contribution in [0, 0.1) is 6.92 Å². The lowest BCUT2D eigenvalue weighted by Crippen LogP contribution is -2.33. The van der Waals surface area contributed by atoms with E-state index in [-0.39, 0.29) is 11.9 Å². The fourth-order valence-electron chi connectivity index (χ4n) is 3.76. The van der Waals surface area contributed by atoms with E-state index in [0.29, 0.717) is 12.0 Å². The summed E-state index contributed by atoms with van der Waals surface area (Å²) in [4.78, 5) is 21.6. The Kier molecular flexibility index (Phi) is 4.92. The van der Waals surface area contributed by atoms with E-state index in [4.69, 9.17) is 0 Å². The molecule has 1 heterocycles. The van der Waals surface area contributed by atoms with Gasteiger partial charge >= 0.3 is 0 Å². The van der Waals surface area contributed by atoms with Gasteiger partial charge in [0.2, 0.25) is 0 Å². The summed E-state index contributed by atoms with van der Waals surface area (Å²) in [6.07, 6.45) is 2.66. The summed E-state index contributed by atoms with van der Waals surface area (Å²) in [7, 11) is 0. The van der Waals surface area contributed by atoms with Crippen molar-refractivity contribution in [1.29, 1.82) is 0 Å². The highest BCUT2D eigenvalue weighted by Crippen LogP contribution is 2.31. The summed E-state index contributed by atoms with van der Waals surface area (Å²) >= 11 is 0. The normalized spacial score (nSPS) is 18.0. The zero-order chi connectivity index (χ0) is 19.7. The summed E-state index contributed by atoms with van der Waals surface area (Å²) in [5.74, 6) is 0.532. The van der Waals surface area contributed by atoms with E-state index in [1.807, 2.05) is 49.5 Å². The van der Waals surface area contributed by atoms with Gasteiger partial charge in [-0.2, -0.15) is 0 Å². The molecule has 0 saturated heterocycles. The van der Waals surface area contributed by atoms with Crippen molar-refractivity contribution in [3.63, 3.8) is 0 Å². The van der Waals surface area contributed by atoms with Crippen LogP contribution in [0.2, 0.25) is 0 Å². The SMILES string of the molecule is CCc1cnc(C)nc1-c1ccc(C(=O)N[C@H]2c3ccccc3C[C@H]2O)cc1. The lowest BCUT2D eigenvalue weighted by Gasteiger charge is -2.18. The van der Waals surface area contributed by atoms with Crippen molar-refractivity contribution < 1.29 is 9.90 Å². The van der Waals surface area contributed by atoms with Crippen LogP contribution >= 0.6 is 0 Å². The van der Waals surface area contributed by atoms with Crippen LogP contribution in [0.25, 0.3) is 11.3 Å². The third-order valence-electron chi connectivity index (χ3n) is 5.28. The van der Waals surface area contributed by atoms with Crippen molar-refractivity contribution in [2.75, 3.05) is 0 Å². The third-order valence-corrected chi connectivity index (χ3v) is 5.28. The topological polar surface area (TPSA) is 75.1 Å². The zero-order valence-electron chi connectivity index (χ0n) is 16.0. The first kappa shape index (κ1) is 18.3. The number of hydrogen-bond acceptors (Lipinski definition) is 4. The molecule has 1 aromatic heterocycles. The predicted octanol–water partition coefficient (Wildman–Crippen LogP) is 3.40. The highest BCUT2D eigenvalue weighted by Gasteiger charge is 2.32. The van der Waals surface area contributed by atoms with Gasteiger partial charge in [0.05, 0.1) is 17.8 Å². The summed E-state index contributed by atoms with van der Waals surface area (Å²) < 4.78 is 0. The summed E-state index contributed by atoms with van der Waals surface area (Å²) in [5, 5.41) is 13.3. The Labute approximate surface area is 164 Å². The Bertz CT molecular complexity index is 1010. The largest absolute Gasteiger partial charge is 0.390 e. The maximum absolute atomic E-state index is 12.7. The summed E-state index contributed by atoms with van der Waals surface area (Å²) in [6, 6.07) is 14.9. The number of aliphatic hydroxyl groups is 1. The minimum Gasteiger partial charge on any atom is -0.390 e. The van der Waals surface area contributed by atoms with E-state index < -0.39 is 6.10 Å². The first-order valence-electron chi connectivity index (χ1n) is 9.56. The van der Waals surface area contributed by atoms with E-state index in [0.717, 1.165) is 40.2 Å². The molecule has 1 amide bonds. The van der Waals surface area contributed by atoms with Crippen LogP contribution < -0.4 is 5.32 Å². The molecule has 2 aromatic carbocycles. The molecule has 4 rings (SSSR count). The Morgan fingerprint density at radius 1 is 1.18 bits per heavy atom. The molecule has 0 radical (unpaired) electrons. The average Bonchev–Trinajstić information content (AvgIpc) is 3.03. The molecule has 5 heteroatoms. The molecule has 0 aliphatic heterocycles. The number of fused-ring (bicyclic) bond motifs is 1. The number of rotatable bonds is 4. The maximum atomic E-state index is 12.7. The van der Waals surface area contributed by atoms with Gasteiger partial charge in [-0.15, -0.1) is 0 Å². The number of benzene rings is 2. The average molecular weight is 373 g/mol. The molecule has 0 fully saturated rings. The molecule has 3 aromatic rings. The highest BCUT2D eigenvalue weighted by molar-refractivity contribution is 5.95. The Morgan fingerprint density at radius 2 is 1.93 bits per heavy atom. The molecule has 2 N–H and O–H groups in total. The van der Waals surface area contributed by atoms with Gasteiger partial charge in [0.25, 0.3) is 5.91 Å². The van der Waals surface area contributed by atoms with Gasteiger partial charge in [0, 0.05) is 23.7 Å². The van der Waals surface area contributed by atoms with Crippen molar-refractivity contribution in [1.82, 2.24) is 15.3 Å². The molecule has 142 valence electrons. The fourth-order valence-corrected chi connectivity index (χ4v) is 3.76. The van der Waals surface area contributed by atoms with Crippen molar-refractivity contribution in [2.24, 2.45) is 0 Å². The number of hydrogen-bond donors (Lipinski definition) is 2. The van der Waals surface area contributed by atoms with Crippen molar-refractivity contribution in [3.8, 4) is 11.3 Å². The van der Waals surface area contributed by atoms with Crippen LogP contribution in [0.4, 0.5) is 0 Å². The lowest BCUT2D eigenvalue weighted by molar-refractivity contribution is 0.0858. The van der Waals surface area contributed by atoms with Gasteiger partial charge in [-0.25, -0.2) is 9.97 Å². The van der Waals surface area contributed by atoms with Gasteiger partial charge in [-0.3, -0.25) is 4.79 Å². The molecule has 0 spiro atoms. The number of nitrogens with zero attached hydrogens (tertiary/aromatic N) is 2. The number of aryl methyl sites for hydroxylation is 2. The van der Waals surface area contributed by atoms with Gasteiger partial charge in [-0.05, 0) is 42.2 Å². The Morgan fingerprint density at radius 3 is 2.68 bits per heavy atom.